The molecule has 0 amide bonds. The molecule has 17 heavy (non-hydrogen) atoms. The van der Waals surface area contributed by atoms with Gasteiger partial charge in [0.1, 0.15) is 0 Å². The number of benzene rings is 1. The highest BCUT2D eigenvalue weighted by Crippen LogP contribution is 2.23. The SMILES string of the molecule is CCCCCCC(O)c1ccccc1COC. The van der Waals surface area contributed by atoms with Gasteiger partial charge in [-0.05, 0) is 17.5 Å². The number of unbranched alkanes of at least 4 members (excludes halogenated alkanes) is 3. The van der Waals surface area contributed by atoms with E-state index in [1.165, 1.54) is 19.3 Å². The van der Waals surface area contributed by atoms with Crippen molar-refractivity contribution in [2.75, 3.05) is 7.11 Å². The average molecular weight is 236 g/mol. The van der Waals surface area contributed by atoms with Gasteiger partial charge in [0.2, 0.25) is 0 Å². The van der Waals surface area contributed by atoms with Crippen LogP contribution in [0.25, 0.3) is 0 Å². The van der Waals surface area contributed by atoms with E-state index in [0.717, 1.165) is 24.0 Å². The van der Waals surface area contributed by atoms with E-state index in [1.54, 1.807) is 7.11 Å². The first-order valence-corrected chi connectivity index (χ1v) is 6.54. The van der Waals surface area contributed by atoms with Crippen LogP contribution < -0.4 is 0 Å². The third-order valence-corrected chi connectivity index (χ3v) is 3.05. The maximum atomic E-state index is 10.2. The Labute approximate surface area is 105 Å². The van der Waals surface area contributed by atoms with Crippen LogP contribution in [0.4, 0.5) is 0 Å². The zero-order valence-corrected chi connectivity index (χ0v) is 11.0. The minimum absolute atomic E-state index is 0.349. The van der Waals surface area contributed by atoms with Crippen molar-refractivity contribution in [1.82, 2.24) is 0 Å². The summed E-state index contributed by atoms with van der Waals surface area (Å²) in [4.78, 5) is 0. The number of ether oxygens (including phenoxy) is 1. The third kappa shape index (κ3) is 4.88. The third-order valence-electron chi connectivity index (χ3n) is 3.05. The lowest BCUT2D eigenvalue weighted by molar-refractivity contribution is 0.151. The molecule has 0 saturated heterocycles. The van der Waals surface area contributed by atoms with Gasteiger partial charge < -0.3 is 9.84 Å². The summed E-state index contributed by atoms with van der Waals surface area (Å²) in [5.41, 5.74) is 2.11. The van der Waals surface area contributed by atoms with Crippen LogP contribution in [0.1, 0.15) is 56.3 Å². The Morgan fingerprint density at radius 1 is 1.18 bits per heavy atom. The van der Waals surface area contributed by atoms with Crippen LogP contribution in [-0.4, -0.2) is 12.2 Å². The molecule has 0 aliphatic rings. The fraction of sp³-hybridized carbons (Fsp3) is 0.600. The summed E-state index contributed by atoms with van der Waals surface area (Å²) < 4.78 is 5.15. The first-order valence-electron chi connectivity index (χ1n) is 6.54. The van der Waals surface area contributed by atoms with Gasteiger partial charge in [-0.2, -0.15) is 0 Å². The highest BCUT2D eigenvalue weighted by molar-refractivity contribution is 5.28. The molecule has 0 spiro atoms. The van der Waals surface area contributed by atoms with Crippen molar-refractivity contribution in [3.8, 4) is 0 Å². The van der Waals surface area contributed by atoms with E-state index in [2.05, 4.69) is 6.92 Å². The molecule has 1 aromatic rings. The smallest absolute Gasteiger partial charge is 0.0793 e. The van der Waals surface area contributed by atoms with Crippen molar-refractivity contribution in [1.29, 1.82) is 0 Å². The van der Waals surface area contributed by atoms with Gasteiger partial charge in [-0.15, -0.1) is 0 Å². The molecule has 0 bridgehead atoms. The summed E-state index contributed by atoms with van der Waals surface area (Å²) in [6, 6.07) is 7.98. The van der Waals surface area contributed by atoms with Crippen LogP contribution in [0.5, 0.6) is 0 Å². The second-order valence-corrected chi connectivity index (χ2v) is 4.50. The lowest BCUT2D eigenvalue weighted by Gasteiger charge is -2.15. The molecule has 1 unspecified atom stereocenters. The topological polar surface area (TPSA) is 29.5 Å². The molecule has 1 aromatic carbocycles. The quantitative estimate of drug-likeness (QED) is 0.695. The van der Waals surface area contributed by atoms with Crippen LogP contribution in [0, 0.1) is 0 Å². The number of hydrogen-bond donors (Lipinski definition) is 1. The molecule has 0 aliphatic heterocycles. The van der Waals surface area contributed by atoms with E-state index in [9.17, 15) is 5.11 Å². The minimum atomic E-state index is -0.349. The van der Waals surface area contributed by atoms with Crippen molar-refractivity contribution in [2.45, 2.75) is 51.7 Å². The Morgan fingerprint density at radius 2 is 1.94 bits per heavy atom. The van der Waals surface area contributed by atoms with Crippen LogP contribution in [-0.2, 0) is 11.3 Å². The normalized spacial score (nSPS) is 12.6. The molecule has 1 atom stereocenters. The number of aliphatic hydroxyl groups is 1. The van der Waals surface area contributed by atoms with Gasteiger partial charge in [-0.25, -0.2) is 0 Å². The largest absolute Gasteiger partial charge is 0.388 e. The molecule has 0 radical (unpaired) electrons. The van der Waals surface area contributed by atoms with E-state index in [4.69, 9.17) is 4.74 Å². The van der Waals surface area contributed by atoms with E-state index < -0.39 is 0 Å². The van der Waals surface area contributed by atoms with Crippen LogP contribution in [0.15, 0.2) is 24.3 Å². The number of aliphatic hydroxyl groups excluding tert-OH is 1. The number of rotatable bonds is 8. The maximum absolute atomic E-state index is 10.2. The molecule has 0 aliphatic carbocycles. The molecule has 1 rings (SSSR count). The molecule has 0 fully saturated rings. The van der Waals surface area contributed by atoms with Gasteiger partial charge in [-0.3, -0.25) is 0 Å². The second kappa shape index (κ2) is 8.26. The predicted octanol–water partition coefficient (Wildman–Crippen LogP) is 3.84. The summed E-state index contributed by atoms with van der Waals surface area (Å²) in [6.07, 6.45) is 5.29. The summed E-state index contributed by atoms with van der Waals surface area (Å²) in [7, 11) is 1.68. The minimum Gasteiger partial charge on any atom is -0.388 e. The molecule has 0 aromatic heterocycles. The molecule has 0 heterocycles. The number of methoxy groups -OCH3 is 1. The summed E-state index contributed by atoms with van der Waals surface area (Å²) in [6.45, 7) is 2.77. The summed E-state index contributed by atoms with van der Waals surface area (Å²) in [5, 5.41) is 10.2. The predicted molar refractivity (Wildman–Crippen MR) is 70.9 cm³/mol. The molecular formula is C15H24O2. The van der Waals surface area contributed by atoms with Crippen molar-refractivity contribution in [2.24, 2.45) is 0 Å². The van der Waals surface area contributed by atoms with Crippen LogP contribution >= 0.6 is 0 Å². The van der Waals surface area contributed by atoms with Gasteiger partial charge >= 0.3 is 0 Å². The lowest BCUT2D eigenvalue weighted by Crippen LogP contribution is -2.03. The van der Waals surface area contributed by atoms with E-state index >= 15 is 0 Å². The maximum Gasteiger partial charge on any atom is 0.0793 e. The zero-order chi connectivity index (χ0) is 12.5. The monoisotopic (exact) mass is 236 g/mol. The van der Waals surface area contributed by atoms with E-state index in [-0.39, 0.29) is 6.10 Å². The summed E-state index contributed by atoms with van der Waals surface area (Å²) in [5.74, 6) is 0. The molecule has 1 N–H and O–H groups in total. The van der Waals surface area contributed by atoms with Crippen LogP contribution in [0.3, 0.4) is 0 Å². The molecule has 0 saturated carbocycles. The first-order chi connectivity index (χ1) is 8.29. The molecule has 2 heteroatoms. The second-order valence-electron chi connectivity index (χ2n) is 4.50. The highest BCUT2D eigenvalue weighted by atomic mass is 16.5. The molecule has 2 nitrogen and oxygen atoms in total. The van der Waals surface area contributed by atoms with Gasteiger partial charge in [0.05, 0.1) is 12.7 Å². The highest BCUT2D eigenvalue weighted by Gasteiger charge is 2.11. The zero-order valence-electron chi connectivity index (χ0n) is 11.0. The van der Waals surface area contributed by atoms with Crippen molar-refractivity contribution in [3.63, 3.8) is 0 Å². The lowest BCUT2D eigenvalue weighted by atomic mass is 9.98. The van der Waals surface area contributed by atoms with Crippen LogP contribution in [0.2, 0.25) is 0 Å². The van der Waals surface area contributed by atoms with E-state index in [0.29, 0.717) is 6.61 Å². The Morgan fingerprint density at radius 3 is 2.65 bits per heavy atom. The Kier molecular flexibility index (Phi) is 6.90. The number of hydrogen-bond acceptors (Lipinski definition) is 2. The fourth-order valence-electron chi connectivity index (χ4n) is 2.07. The van der Waals surface area contributed by atoms with Gasteiger partial charge in [0.25, 0.3) is 0 Å². The fourth-order valence-corrected chi connectivity index (χ4v) is 2.07. The Balaban J connectivity index is 2.52. The van der Waals surface area contributed by atoms with Gasteiger partial charge in [-0.1, -0.05) is 56.9 Å². The van der Waals surface area contributed by atoms with Crippen molar-refractivity contribution < 1.29 is 9.84 Å². The molecular weight excluding hydrogens is 212 g/mol. The van der Waals surface area contributed by atoms with Crippen molar-refractivity contribution >= 4 is 0 Å². The van der Waals surface area contributed by atoms with E-state index in [1.807, 2.05) is 24.3 Å². The first kappa shape index (κ1) is 14.2. The average Bonchev–Trinajstić information content (AvgIpc) is 2.35. The van der Waals surface area contributed by atoms with Gasteiger partial charge in [0.15, 0.2) is 0 Å². The standard InChI is InChI=1S/C15H24O2/c1-3-4-5-6-11-15(16)14-10-8-7-9-13(14)12-17-2/h7-10,15-16H,3-6,11-12H2,1-2H3. The van der Waals surface area contributed by atoms with Gasteiger partial charge in [0, 0.05) is 7.11 Å². The Hall–Kier alpha value is -0.860. The molecule has 96 valence electrons. The summed E-state index contributed by atoms with van der Waals surface area (Å²) >= 11 is 0. The Bertz CT molecular complexity index is 310. The van der Waals surface area contributed by atoms with Crippen molar-refractivity contribution in [3.05, 3.63) is 35.4 Å².